The van der Waals surface area contributed by atoms with Crippen molar-refractivity contribution in [1.29, 1.82) is 0 Å². The van der Waals surface area contributed by atoms with E-state index in [1.54, 1.807) is 18.3 Å². The monoisotopic (exact) mass is 381 g/mol. The Bertz CT molecular complexity index is 942. The fourth-order valence-electron chi connectivity index (χ4n) is 2.58. The first-order chi connectivity index (χ1) is 13.1. The van der Waals surface area contributed by atoms with Gasteiger partial charge in [0.2, 0.25) is 0 Å². The number of carbonyl (C=O) groups is 1. The molecule has 0 bridgehead atoms. The topological polar surface area (TPSA) is 77.2 Å². The van der Waals surface area contributed by atoms with Gasteiger partial charge >= 0.3 is 0 Å². The van der Waals surface area contributed by atoms with Crippen LogP contribution in [0.1, 0.15) is 28.4 Å². The van der Waals surface area contributed by atoms with Crippen LogP contribution in [-0.4, -0.2) is 10.9 Å². The Hall–Kier alpha value is -3.05. The minimum absolute atomic E-state index is 0.216. The lowest BCUT2D eigenvalue weighted by Crippen LogP contribution is -2.24. The van der Waals surface area contributed by atoms with Gasteiger partial charge in [-0.15, -0.1) is 0 Å². The Morgan fingerprint density at radius 2 is 1.89 bits per heavy atom. The highest BCUT2D eigenvalue weighted by atomic mass is 35.5. The van der Waals surface area contributed by atoms with E-state index in [0.29, 0.717) is 17.9 Å². The van der Waals surface area contributed by atoms with Gasteiger partial charge in [-0.3, -0.25) is 4.79 Å². The van der Waals surface area contributed by atoms with E-state index in [1.807, 2.05) is 49.4 Å². The molecule has 0 aliphatic carbocycles. The van der Waals surface area contributed by atoms with Gasteiger partial charge in [-0.25, -0.2) is 4.98 Å². The number of nitrogens with one attached hydrogen (secondary N) is 1. The summed E-state index contributed by atoms with van der Waals surface area (Å²) in [6.45, 7) is 2.43. The number of nitrogens with zero attached hydrogens (tertiary/aromatic N) is 1. The Morgan fingerprint density at radius 1 is 1.15 bits per heavy atom. The average Bonchev–Trinajstić information content (AvgIpc) is 2.69. The van der Waals surface area contributed by atoms with Gasteiger partial charge in [0.1, 0.15) is 17.3 Å². The summed E-state index contributed by atoms with van der Waals surface area (Å²) in [6.07, 6.45) is 2.39. The van der Waals surface area contributed by atoms with Gasteiger partial charge in [-0.1, -0.05) is 30.7 Å². The molecule has 27 heavy (non-hydrogen) atoms. The normalized spacial score (nSPS) is 10.4. The van der Waals surface area contributed by atoms with E-state index >= 15 is 0 Å². The van der Waals surface area contributed by atoms with Crippen molar-refractivity contribution in [2.45, 2.75) is 19.9 Å². The molecule has 1 aromatic heterocycles. The Labute approximate surface area is 163 Å². The number of rotatable bonds is 6. The molecule has 3 aromatic rings. The number of carbonyl (C=O) groups excluding carboxylic acids is 1. The molecular weight excluding hydrogens is 362 g/mol. The number of nitrogens with two attached hydrogens (primary N) is 1. The maximum atomic E-state index is 12.2. The summed E-state index contributed by atoms with van der Waals surface area (Å²) in [6, 6.07) is 16.5. The smallest absolute Gasteiger partial charge is 0.255 e. The highest BCUT2D eigenvalue weighted by Gasteiger charge is 2.09. The third-order valence-electron chi connectivity index (χ3n) is 4.09. The molecule has 1 amide bonds. The second-order valence-electron chi connectivity index (χ2n) is 5.97. The van der Waals surface area contributed by atoms with Crippen LogP contribution in [0.2, 0.25) is 5.02 Å². The zero-order valence-electron chi connectivity index (χ0n) is 14.9. The minimum atomic E-state index is -0.255. The molecule has 3 rings (SSSR count). The number of halogens is 1. The van der Waals surface area contributed by atoms with Gasteiger partial charge in [0.25, 0.3) is 5.91 Å². The van der Waals surface area contributed by atoms with Crippen LogP contribution in [0.25, 0.3) is 0 Å². The number of benzene rings is 2. The molecule has 0 spiro atoms. The van der Waals surface area contributed by atoms with Gasteiger partial charge in [-0.05, 0) is 60.0 Å². The largest absolute Gasteiger partial charge is 0.457 e. The van der Waals surface area contributed by atoms with Crippen molar-refractivity contribution in [2.24, 2.45) is 0 Å². The van der Waals surface area contributed by atoms with E-state index < -0.39 is 0 Å². The molecule has 0 aliphatic rings. The Kier molecular flexibility index (Phi) is 5.94. The fraction of sp³-hybridized carbons (Fsp3) is 0.143. The zero-order valence-corrected chi connectivity index (χ0v) is 15.7. The van der Waals surface area contributed by atoms with Gasteiger partial charge in [0, 0.05) is 17.8 Å². The first kappa shape index (κ1) is 18.7. The zero-order chi connectivity index (χ0) is 19.2. The van der Waals surface area contributed by atoms with Crippen LogP contribution < -0.4 is 15.8 Å². The molecule has 0 unspecified atom stereocenters. The molecule has 0 aliphatic heterocycles. The number of pyridine rings is 1. The molecule has 6 heteroatoms. The summed E-state index contributed by atoms with van der Waals surface area (Å²) in [5.74, 6) is 1.41. The van der Waals surface area contributed by atoms with Crippen molar-refractivity contribution < 1.29 is 9.53 Å². The number of ether oxygens (including phenoxy) is 1. The number of aromatic nitrogens is 1. The van der Waals surface area contributed by atoms with Crippen molar-refractivity contribution >= 4 is 23.3 Å². The van der Waals surface area contributed by atoms with E-state index in [-0.39, 0.29) is 11.7 Å². The summed E-state index contributed by atoms with van der Waals surface area (Å²) >= 11 is 6.13. The molecule has 0 fully saturated rings. The number of amides is 1. The van der Waals surface area contributed by atoms with E-state index in [4.69, 9.17) is 22.1 Å². The lowest BCUT2D eigenvalue weighted by atomic mass is 10.1. The van der Waals surface area contributed by atoms with Crippen molar-refractivity contribution in [1.82, 2.24) is 10.3 Å². The first-order valence-corrected chi connectivity index (χ1v) is 8.98. The highest BCUT2D eigenvalue weighted by molar-refractivity contribution is 6.31. The number of anilines is 1. The molecule has 5 nitrogen and oxygen atoms in total. The van der Waals surface area contributed by atoms with E-state index in [0.717, 1.165) is 28.3 Å². The lowest BCUT2D eigenvalue weighted by Gasteiger charge is -2.10. The molecule has 3 N–H and O–H groups in total. The third kappa shape index (κ3) is 4.77. The van der Waals surface area contributed by atoms with Gasteiger partial charge in [-0.2, -0.15) is 0 Å². The first-order valence-electron chi connectivity index (χ1n) is 8.60. The SMILES string of the molecule is CCc1cc(Oc2ccc(CNC(=O)c3cccnc3N)cc2)ccc1Cl. The summed E-state index contributed by atoms with van der Waals surface area (Å²) in [4.78, 5) is 16.1. The summed E-state index contributed by atoms with van der Waals surface area (Å²) in [5, 5.41) is 3.57. The van der Waals surface area contributed by atoms with Crippen molar-refractivity contribution in [3.63, 3.8) is 0 Å². The second kappa shape index (κ2) is 8.56. The average molecular weight is 382 g/mol. The predicted octanol–water partition coefficient (Wildman–Crippen LogP) is 4.60. The summed E-state index contributed by atoms with van der Waals surface area (Å²) < 4.78 is 5.87. The predicted molar refractivity (Wildman–Crippen MR) is 107 cm³/mol. The second-order valence-corrected chi connectivity index (χ2v) is 6.38. The van der Waals surface area contributed by atoms with Crippen molar-refractivity contribution in [3.05, 3.63) is 82.5 Å². The van der Waals surface area contributed by atoms with Crippen LogP contribution in [0, 0.1) is 0 Å². The quantitative estimate of drug-likeness (QED) is 0.654. The Morgan fingerprint density at radius 3 is 2.59 bits per heavy atom. The Balaban J connectivity index is 1.60. The minimum Gasteiger partial charge on any atom is -0.457 e. The number of aryl methyl sites for hydroxylation is 1. The van der Waals surface area contributed by atoms with E-state index in [1.165, 1.54) is 0 Å². The van der Waals surface area contributed by atoms with Crippen LogP contribution in [0.4, 0.5) is 5.82 Å². The van der Waals surface area contributed by atoms with Crippen LogP contribution in [0.3, 0.4) is 0 Å². The molecule has 0 saturated heterocycles. The molecule has 138 valence electrons. The van der Waals surface area contributed by atoms with Gasteiger partial charge in [0.05, 0.1) is 5.56 Å². The maximum absolute atomic E-state index is 12.2. The molecule has 0 radical (unpaired) electrons. The van der Waals surface area contributed by atoms with Crippen molar-refractivity contribution in [2.75, 3.05) is 5.73 Å². The number of nitrogen functional groups attached to an aromatic ring is 1. The molecule has 2 aromatic carbocycles. The standard InChI is InChI=1S/C21H20ClN3O2/c1-2-15-12-17(9-10-19(15)22)27-16-7-5-14(6-8-16)13-25-21(26)18-4-3-11-24-20(18)23/h3-12H,2,13H2,1H3,(H2,23,24)(H,25,26). The van der Waals surface area contributed by atoms with Crippen LogP contribution in [-0.2, 0) is 13.0 Å². The molecule has 0 atom stereocenters. The van der Waals surface area contributed by atoms with Crippen LogP contribution in [0.5, 0.6) is 11.5 Å². The number of hydrogen-bond acceptors (Lipinski definition) is 4. The van der Waals surface area contributed by atoms with Crippen LogP contribution in [0.15, 0.2) is 60.8 Å². The van der Waals surface area contributed by atoms with E-state index in [9.17, 15) is 4.79 Å². The van der Waals surface area contributed by atoms with Gasteiger partial charge in [0.15, 0.2) is 0 Å². The molecular formula is C21H20ClN3O2. The van der Waals surface area contributed by atoms with Crippen molar-refractivity contribution in [3.8, 4) is 11.5 Å². The van der Waals surface area contributed by atoms with Crippen LogP contribution >= 0.6 is 11.6 Å². The number of hydrogen-bond donors (Lipinski definition) is 2. The lowest BCUT2D eigenvalue weighted by molar-refractivity contribution is 0.0951. The summed E-state index contributed by atoms with van der Waals surface area (Å²) in [5.41, 5.74) is 8.08. The third-order valence-corrected chi connectivity index (χ3v) is 4.46. The fourth-order valence-corrected chi connectivity index (χ4v) is 2.84. The maximum Gasteiger partial charge on any atom is 0.255 e. The molecule has 0 saturated carbocycles. The van der Waals surface area contributed by atoms with E-state index in [2.05, 4.69) is 10.3 Å². The highest BCUT2D eigenvalue weighted by Crippen LogP contribution is 2.27. The molecule has 1 heterocycles. The summed E-state index contributed by atoms with van der Waals surface area (Å²) in [7, 11) is 0. The van der Waals surface area contributed by atoms with Gasteiger partial charge < -0.3 is 15.8 Å².